The van der Waals surface area contributed by atoms with Crippen LogP contribution < -0.4 is 0 Å². The van der Waals surface area contributed by atoms with E-state index in [1.54, 1.807) is 42.7 Å². The van der Waals surface area contributed by atoms with E-state index in [4.69, 9.17) is 14.5 Å². The number of aromatic nitrogens is 4. The fourth-order valence-electron chi connectivity index (χ4n) is 5.61. The van der Waals surface area contributed by atoms with Gasteiger partial charge in [0.15, 0.2) is 11.4 Å². The Morgan fingerprint density at radius 2 is 1.86 bits per heavy atom. The molecule has 3 aromatic heterocycles. The molecule has 10 heteroatoms. The lowest BCUT2D eigenvalue weighted by atomic mass is 10.0. The van der Waals surface area contributed by atoms with Gasteiger partial charge in [0.25, 0.3) is 10.0 Å². The number of benzene rings is 1. The molecule has 6 rings (SSSR count). The van der Waals surface area contributed by atoms with Crippen LogP contribution in [0.2, 0.25) is 0 Å². The zero-order valence-electron chi connectivity index (χ0n) is 20.8. The second-order valence-corrected chi connectivity index (χ2v) is 12.0. The third-order valence-electron chi connectivity index (χ3n) is 7.26. The summed E-state index contributed by atoms with van der Waals surface area (Å²) in [5, 5.41) is 0.800. The summed E-state index contributed by atoms with van der Waals surface area (Å²) in [4.78, 5) is 12.0. The summed E-state index contributed by atoms with van der Waals surface area (Å²) < 4.78 is 41.9. The van der Waals surface area contributed by atoms with Gasteiger partial charge in [0, 0.05) is 37.3 Å². The van der Waals surface area contributed by atoms with Crippen LogP contribution in [0.5, 0.6) is 0 Å². The average Bonchev–Trinajstić information content (AvgIpc) is 3.54. The predicted molar refractivity (Wildman–Crippen MR) is 136 cm³/mol. The zero-order chi connectivity index (χ0) is 25.1. The van der Waals surface area contributed by atoms with Crippen molar-refractivity contribution in [3.05, 3.63) is 54.6 Å². The van der Waals surface area contributed by atoms with Crippen LogP contribution in [-0.2, 0) is 19.5 Å². The molecule has 1 unspecified atom stereocenters. The Kier molecular flexibility index (Phi) is 5.67. The number of fused-ring (bicyclic) bond motifs is 3. The molecule has 0 aliphatic carbocycles. The third kappa shape index (κ3) is 4.02. The number of rotatable bonds is 5. The van der Waals surface area contributed by atoms with Crippen LogP contribution in [0.1, 0.15) is 38.6 Å². The lowest BCUT2D eigenvalue weighted by Gasteiger charge is -2.34. The fourth-order valence-corrected chi connectivity index (χ4v) is 6.93. The standard InChI is InChI=1S/C26H31N5O4S/c1-18-28-23-15-27-25-22(11-14-30(25)36(32,33)21-7-5-4-6-8-21)24(23)31(18)19-9-12-29(13-10-19)16-20-17-34-26(2,3)35-20/h4-8,11,14-15,19-20H,9-10,12-13,16-17H2,1-3H3. The number of aryl methyl sites for hydroxylation is 1. The predicted octanol–water partition coefficient (Wildman–Crippen LogP) is 3.72. The maximum atomic E-state index is 13.3. The van der Waals surface area contributed by atoms with Crippen molar-refractivity contribution >= 4 is 32.1 Å². The molecule has 0 spiro atoms. The number of hydrogen-bond acceptors (Lipinski definition) is 7. The quantitative estimate of drug-likeness (QED) is 0.405. The van der Waals surface area contributed by atoms with Crippen LogP contribution in [0.15, 0.2) is 53.7 Å². The number of hydrogen-bond donors (Lipinski definition) is 0. The van der Waals surface area contributed by atoms with Gasteiger partial charge in [-0.05, 0) is 51.8 Å². The number of nitrogens with zero attached hydrogens (tertiary/aromatic N) is 5. The van der Waals surface area contributed by atoms with Crippen LogP contribution >= 0.6 is 0 Å². The minimum Gasteiger partial charge on any atom is -0.348 e. The molecule has 0 radical (unpaired) electrons. The van der Waals surface area contributed by atoms with Crippen molar-refractivity contribution in [2.24, 2.45) is 0 Å². The lowest BCUT2D eigenvalue weighted by molar-refractivity contribution is -0.140. The van der Waals surface area contributed by atoms with E-state index in [1.165, 1.54) is 3.97 Å². The van der Waals surface area contributed by atoms with Crippen molar-refractivity contribution in [1.29, 1.82) is 0 Å². The molecule has 0 saturated carbocycles. The number of ether oxygens (including phenoxy) is 2. The van der Waals surface area contributed by atoms with E-state index in [9.17, 15) is 8.42 Å². The fraction of sp³-hybridized carbons (Fsp3) is 0.462. The third-order valence-corrected chi connectivity index (χ3v) is 8.94. The second kappa shape index (κ2) is 8.65. The highest BCUT2D eigenvalue weighted by molar-refractivity contribution is 7.90. The summed E-state index contributed by atoms with van der Waals surface area (Å²) in [7, 11) is -3.75. The Morgan fingerprint density at radius 1 is 1.11 bits per heavy atom. The summed E-state index contributed by atoms with van der Waals surface area (Å²) in [5.74, 6) is 0.422. The van der Waals surface area contributed by atoms with Gasteiger partial charge in [0.2, 0.25) is 0 Å². The molecule has 2 aliphatic rings. The summed E-state index contributed by atoms with van der Waals surface area (Å²) in [6.07, 6.45) is 5.35. The molecule has 0 amide bonds. The monoisotopic (exact) mass is 509 g/mol. The van der Waals surface area contributed by atoms with Gasteiger partial charge in [-0.3, -0.25) is 0 Å². The van der Waals surface area contributed by atoms with E-state index < -0.39 is 15.8 Å². The highest BCUT2D eigenvalue weighted by Crippen LogP contribution is 2.34. The summed E-state index contributed by atoms with van der Waals surface area (Å²) in [6.45, 7) is 9.35. The summed E-state index contributed by atoms with van der Waals surface area (Å²) in [6, 6.07) is 10.6. The van der Waals surface area contributed by atoms with E-state index in [2.05, 4.69) is 14.5 Å². The number of imidazole rings is 1. The van der Waals surface area contributed by atoms with Crippen molar-refractivity contribution in [2.45, 2.75) is 56.4 Å². The van der Waals surface area contributed by atoms with Gasteiger partial charge in [-0.1, -0.05) is 18.2 Å². The van der Waals surface area contributed by atoms with Crippen LogP contribution in [0.3, 0.4) is 0 Å². The molecule has 2 aliphatic heterocycles. The summed E-state index contributed by atoms with van der Waals surface area (Å²) in [5.41, 5.74) is 2.16. The minimum absolute atomic E-state index is 0.101. The highest BCUT2D eigenvalue weighted by atomic mass is 32.2. The molecule has 4 aromatic rings. The molecule has 0 bridgehead atoms. The maximum absolute atomic E-state index is 13.3. The normalized spacial score (nSPS) is 21.6. The van der Waals surface area contributed by atoms with Crippen LogP contribution in [-0.4, -0.2) is 70.0 Å². The first-order chi connectivity index (χ1) is 17.2. The molecule has 2 saturated heterocycles. The van der Waals surface area contributed by atoms with Crippen LogP contribution in [0.4, 0.5) is 0 Å². The van der Waals surface area contributed by atoms with Crippen LogP contribution in [0, 0.1) is 6.92 Å². The largest absolute Gasteiger partial charge is 0.348 e. The molecule has 190 valence electrons. The highest BCUT2D eigenvalue weighted by Gasteiger charge is 2.35. The van der Waals surface area contributed by atoms with Crippen molar-refractivity contribution in [3.63, 3.8) is 0 Å². The van der Waals surface area contributed by atoms with Gasteiger partial charge < -0.3 is 18.9 Å². The molecular formula is C26H31N5O4S. The van der Waals surface area contributed by atoms with Gasteiger partial charge in [-0.25, -0.2) is 22.4 Å². The molecule has 9 nitrogen and oxygen atoms in total. The molecule has 2 fully saturated rings. The van der Waals surface area contributed by atoms with E-state index in [0.29, 0.717) is 12.3 Å². The topological polar surface area (TPSA) is 91.5 Å². The molecule has 5 heterocycles. The smallest absolute Gasteiger partial charge is 0.269 e. The Labute approximate surface area is 210 Å². The Morgan fingerprint density at radius 3 is 2.56 bits per heavy atom. The van der Waals surface area contributed by atoms with Gasteiger partial charge >= 0.3 is 0 Å². The Hall–Kier alpha value is -2.79. The zero-order valence-corrected chi connectivity index (χ0v) is 21.6. The second-order valence-electron chi connectivity index (χ2n) is 10.2. The lowest BCUT2D eigenvalue weighted by Crippen LogP contribution is -2.40. The SMILES string of the molecule is Cc1nc2cnc3c(ccn3S(=O)(=O)c3ccccc3)c2n1C1CCN(CC2COC(C)(C)O2)CC1. The van der Waals surface area contributed by atoms with Gasteiger partial charge in [0.1, 0.15) is 11.3 Å². The average molecular weight is 510 g/mol. The molecule has 36 heavy (non-hydrogen) atoms. The van der Waals surface area contributed by atoms with E-state index >= 15 is 0 Å². The number of likely N-dealkylation sites (tertiary alicyclic amines) is 1. The van der Waals surface area contributed by atoms with E-state index in [0.717, 1.165) is 54.7 Å². The number of pyridine rings is 1. The molecular weight excluding hydrogens is 478 g/mol. The van der Waals surface area contributed by atoms with Crippen molar-refractivity contribution in [2.75, 3.05) is 26.2 Å². The Bertz CT molecular complexity index is 1520. The molecule has 1 aromatic carbocycles. The van der Waals surface area contributed by atoms with E-state index in [1.807, 2.05) is 26.8 Å². The maximum Gasteiger partial charge on any atom is 0.269 e. The molecule has 0 N–H and O–H groups in total. The van der Waals surface area contributed by atoms with Gasteiger partial charge in [-0.2, -0.15) is 0 Å². The van der Waals surface area contributed by atoms with Gasteiger partial charge in [-0.15, -0.1) is 0 Å². The first-order valence-electron chi connectivity index (χ1n) is 12.4. The summed E-state index contributed by atoms with van der Waals surface area (Å²) >= 11 is 0. The number of piperidine rings is 1. The van der Waals surface area contributed by atoms with Crippen molar-refractivity contribution < 1.29 is 17.9 Å². The van der Waals surface area contributed by atoms with Crippen molar-refractivity contribution in [1.82, 2.24) is 23.4 Å². The minimum atomic E-state index is -3.75. The first kappa shape index (κ1) is 23.6. The van der Waals surface area contributed by atoms with E-state index in [-0.39, 0.29) is 17.0 Å². The van der Waals surface area contributed by atoms with Crippen molar-refractivity contribution in [3.8, 4) is 0 Å². The van der Waals surface area contributed by atoms with Crippen LogP contribution in [0.25, 0.3) is 22.1 Å². The van der Waals surface area contributed by atoms with Gasteiger partial charge in [0.05, 0.1) is 29.3 Å². The Balaban J connectivity index is 1.30. The first-order valence-corrected chi connectivity index (χ1v) is 13.9. The molecule has 1 atom stereocenters.